The lowest BCUT2D eigenvalue weighted by Crippen LogP contribution is -2.20. The maximum absolute atomic E-state index is 4.66. The Morgan fingerprint density at radius 1 is 1.08 bits per heavy atom. The molecule has 0 aliphatic heterocycles. The van der Waals surface area contributed by atoms with Gasteiger partial charge in [-0.1, -0.05) is 24.3 Å². The molecule has 0 bridgehead atoms. The Labute approximate surface area is 156 Å². The van der Waals surface area contributed by atoms with E-state index in [1.165, 1.54) is 16.7 Å². The number of nitrogens with zero attached hydrogens (tertiary/aromatic N) is 3. The Kier molecular flexibility index (Phi) is 3.68. The predicted octanol–water partition coefficient (Wildman–Crippen LogP) is 4.64. The molecule has 0 fully saturated rings. The fourth-order valence-corrected chi connectivity index (χ4v) is 4.67. The number of hydrogen-bond acceptors (Lipinski definition) is 5. The number of benzene rings is 1. The molecule has 4 nitrogen and oxygen atoms in total. The lowest BCUT2D eigenvalue weighted by molar-refractivity contribution is 0.773. The summed E-state index contributed by atoms with van der Waals surface area (Å²) >= 11 is 1.64. The van der Waals surface area contributed by atoms with Gasteiger partial charge in [-0.2, -0.15) is 0 Å². The van der Waals surface area contributed by atoms with Crippen LogP contribution in [0, 0.1) is 6.92 Å². The molecule has 1 aromatic carbocycles. The highest BCUT2D eigenvalue weighted by Gasteiger charge is 2.22. The minimum Gasteiger partial charge on any atom is -0.381 e. The van der Waals surface area contributed by atoms with E-state index >= 15 is 0 Å². The number of hydrogen-bond donors (Lipinski definition) is 1. The SMILES string of the molecule is Cc1c(NC2Cc3ccccc3C2)ccnc1-c1csc2ncncc12. The maximum atomic E-state index is 4.66. The zero-order valence-corrected chi connectivity index (χ0v) is 15.3. The van der Waals surface area contributed by atoms with Gasteiger partial charge >= 0.3 is 0 Å². The summed E-state index contributed by atoms with van der Waals surface area (Å²) in [5.74, 6) is 0. The second-order valence-corrected chi connectivity index (χ2v) is 7.60. The standard InChI is InChI=1S/C21H18N4S/c1-13-19(25-16-8-14-4-2-3-5-15(14)9-16)6-7-23-20(13)18-11-26-21-17(18)10-22-12-24-21/h2-7,10-12,16H,8-9H2,1H3,(H,23,25). The molecule has 5 heteroatoms. The minimum absolute atomic E-state index is 0.434. The Balaban J connectivity index is 1.48. The van der Waals surface area contributed by atoms with Crippen LogP contribution in [-0.4, -0.2) is 21.0 Å². The zero-order chi connectivity index (χ0) is 17.5. The van der Waals surface area contributed by atoms with Crippen molar-refractivity contribution in [1.29, 1.82) is 0 Å². The number of thiophene rings is 1. The molecule has 1 aliphatic rings. The van der Waals surface area contributed by atoms with E-state index < -0.39 is 0 Å². The van der Waals surface area contributed by atoms with Gasteiger partial charge in [0.1, 0.15) is 11.2 Å². The third-order valence-electron chi connectivity index (χ3n) is 5.12. The summed E-state index contributed by atoms with van der Waals surface area (Å²) in [6.07, 6.45) is 7.51. The number of nitrogens with one attached hydrogen (secondary N) is 1. The van der Waals surface area contributed by atoms with Gasteiger partial charge in [-0.25, -0.2) is 9.97 Å². The maximum Gasteiger partial charge on any atom is 0.127 e. The number of fused-ring (bicyclic) bond motifs is 2. The summed E-state index contributed by atoms with van der Waals surface area (Å²) in [5, 5.41) is 6.94. The van der Waals surface area contributed by atoms with Crippen LogP contribution in [0.1, 0.15) is 16.7 Å². The molecule has 1 N–H and O–H groups in total. The highest BCUT2D eigenvalue weighted by Crippen LogP contribution is 2.35. The van der Waals surface area contributed by atoms with Crippen LogP contribution in [0.4, 0.5) is 5.69 Å². The zero-order valence-electron chi connectivity index (χ0n) is 14.4. The van der Waals surface area contributed by atoms with E-state index in [1.807, 2.05) is 12.4 Å². The number of aromatic nitrogens is 3. The van der Waals surface area contributed by atoms with Gasteiger partial charge in [0.2, 0.25) is 0 Å². The minimum atomic E-state index is 0.434. The second-order valence-electron chi connectivity index (χ2n) is 6.74. The van der Waals surface area contributed by atoms with E-state index in [1.54, 1.807) is 17.7 Å². The second kappa shape index (κ2) is 6.18. The smallest absolute Gasteiger partial charge is 0.127 e. The number of anilines is 1. The van der Waals surface area contributed by atoms with Crippen LogP contribution in [0.5, 0.6) is 0 Å². The molecule has 0 spiro atoms. The Morgan fingerprint density at radius 3 is 2.69 bits per heavy atom. The molecule has 0 saturated carbocycles. The molecular formula is C21H18N4S. The fourth-order valence-electron chi connectivity index (χ4n) is 3.80. The van der Waals surface area contributed by atoms with E-state index in [2.05, 4.69) is 62.9 Å². The van der Waals surface area contributed by atoms with Crippen LogP contribution in [-0.2, 0) is 12.8 Å². The quantitative estimate of drug-likeness (QED) is 0.580. The van der Waals surface area contributed by atoms with Gasteiger partial charge in [0, 0.05) is 40.5 Å². The average Bonchev–Trinajstić information content (AvgIpc) is 3.27. The van der Waals surface area contributed by atoms with E-state index in [0.717, 1.165) is 40.0 Å². The van der Waals surface area contributed by atoms with Crippen molar-refractivity contribution >= 4 is 27.2 Å². The van der Waals surface area contributed by atoms with Crippen molar-refractivity contribution in [2.45, 2.75) is 25.8 Å². The first-order valence-electron chi connectivity index (χ1n) is 8.76. The van der Waals surface area contributed by atoms with Crippen molar-refractivity contribution in [2.24, 2.45) is 0 Å². The largest absolute Gasteiger partial charge is 0.381 e. The molecule has 5 rings (SSSR count). The number of pyridine rings is 1. The van der Waals surface area contributed by atoms with Crippen LogP contribution < -0.4 is 5.32 Å². The first-order valence-corrected chi connectivity index (χ1v) is 9.64. The van der Waals surface area contributed by atoms with Crippen molar-refractivity contribution in [1.82, 2.24) is 15.0 Å². The van der Waals surface area contributed by atoms with E-state index in [-0.39, 0.29) is 0 Å². The van der Waals surface area contributed by atoms with Gasteiger partial charge < -0.3 is 5.32 Å². The average molecular weight is 358 g/mol. The van der Waals surface area contributed by atoms with Gasteiger partial charge in [0.05, 0.1) is 5.69 Å². The van der Waals surface area contributed by atoms with Crippen LogP contribution >= 0.6 is 11.3 Å². The van der Waals surface area contributed by atoms with Crippen molar-refractivity contribution in [3.8, 4) is 11.3 Å². The van der Waals surface area contributed by atoms with Gasteiger partial charge in [-0.3, -0.25) is 4.98 Å². The third-order valence-corrected chi connectivity index (χ3v) is 6.03. The monoisotopic (exact) mass is 358 g/mol. The summed E-state index contributed by atoms with van der Waals surface area (Å²) in [6, 6.07) is 11.2. The molecule has 0 radical (unpaired) electrons. The molecule has 1 aliphatic carbocycles. The van der Waals surface area contributed by atoms with E-state index in [4.69, 9.17) is 0 Å². The molecule has 0 atom stereocenters. The van der Waals surface area contributed by atoms with E-state index in [9.17, 15) is 0 Å². The molecule has 0 amide bonds. The highest BCUT2D eigenvalue weighted by molar-refractivity contribution is 7.17. The lowest BCUT2D eigenvalue weighted by Gasteiger charge is -2.17. The highest BCUT2D eigenvalue weighted by atomic mass is 32.1. The van der Waals surface area contributed by atoms with Gasteiger partial charge in [0.25, 0.3) is 0 Å². The van der Waals surface area contributed by atoms with Crippen molar-refractivity contribution in [3.05, 3.63) is 71.1 Å². The molecule has 0 saturated heterocycles. The topological polar surface area (TPSA) is 50.7 Å². The molecule has 0 unspecified atom stereocenters. The molecule has 3 aromatic heterocycles. The van der Waals surface area contributed by atoms with Gasteiger partial charge in [-0.15, -0.1) is 11.3 Å². The normalized spacial score (nSPS) is 13.9. The van der Waals surface area contributed by atoms with Gasteiger partial charge in [0.15, 0.2) is 0 Å². The Bertz CT molecular complexity index is 1080. The summed E-state index contributed by atoms with van der Waals surface area (Å²) in [5.41, 5.74) is 7.36. The predicted molar refractivity (Wildman–Crippen MR) is 107 cm³/mol. The molecule has 3 heterocycles. The van der Waals surface area contributed by atoms with Crippen LogP contribution in [0.15, 0.2) is 54.4 Å². The fraction of sp³-hybridized carbons (Fsp3) is 0.190. The molecular weight excluding hydrogens is 340 g/mol. The van der Waals surface area contributed by atoms with Crippen molar-refractivity contribution < 1.29 is 0 Å². The molecule has 4 aromatic rings. The Morgan fingerprint density at radius 2 is 1.88 bits per heavy atom. The first kappa shape index (κ1) is 15.5. The number of rotatable bonds is 3. The Hall–Kier alpha value is -2.79. The third kappa shape index (κ3) is 2.56. The van der Waals surface area contributed by atoms with Crippen LogP contribution in [0.2, 0.25) is 0 Å². The van der Waals surface area contributed by atoms with Crippen LogP contribution in [0.3, 0.4) is 0 Å². The van der Waals surface area contributed by atoms with Crippen LogP contribution in [0.25, 0.3) is 21.5 Å². The van der Waals surface area contributed by atoms with Crippen molar-refractivity contribution in [2.75, 3.05) is 5.32 Å². The van der Waals surface area contributed by atoms with Crippen molar-refractivity contribution in [3.63, 3.8) is 0 Å². The summed E-state index contributed by atoms with van der Waals surface area (Å²) in [6.45, 7) is 2.14. The summed E-state index contributed by atoms with van der Waals surface area (Å²) in [4.78, 5) is 14.2. The van der Waals surface area contributed by atoms with Gasteiger partial charge in [-0.05, 0) is 42.5 Å². The molecule has 128 valence electrons. The molecule has 26 heavy (non-hydrogen) atoms. The van der Waals surface area contributed by atoms with E-state index in [0.29, 0.717) is 6.04 Å². The lowest BCUT2D eigenvalue weighted by atomic mass is 10.1. The first-order chi connectivity index (χ1) is 12.8. The summed E-state index contributed by atoms with van der Waals surface area (Å²) < 4.78 is 0. The summed E-state index contributed by atoms with van der Waals surface area (Å²) in [7, 11) is 0.